The van der Waals surface area contributed by atoms with Crippen LogP contribution in [0.3, 0.4) is 0 Å². The van der Waals surface area contributed by atoms with E-state index in [1.54, 1.807) is 17.1 Å². The summed E-state index contributed by atoms with van der Waals surface area (Å²) in [6, 6.07) is 5.44. The van der Waals surface area contributed by atoms with Gasteiger partial charge in [0.15, 0.2) is 5.82 Å². The zero-order valence-corrected chi connectivity index (χ0v) is 13.5. The molecule has 0 spiro atoms. The monoisotopic (exact) mass is 317 g/mol. The van der Waals surface area contributed by atoms with Gasteiger partial charge in [0.2, 0.25) is 0 Å². The van der Waals surface area contributed by atoms with Crippen LogP contribution < -0.4 is 10.6 Å². The Labute approximate surface area is 136 Å². The van der Waals surface area contributed by atoms with Gasteiger partial charge < -0.3 is 15.4 Å². The maximum atomic E-state index is 11.7. The van der Waals surface area contributed by atoms with Crippen molar-refractivity contribution >= 4 is 6.03 Å². The smallest absolute Gasteiger partial charge is 0.315 e. The lowest BCUT2D eigenvalue weighted by Crippen LogP contribution is -2.36. The van der Waals surface area contributed by atoms with Crippen LogP contribution in [-0.4, -0.2) is 40.1 Å². The molecular weight excluding hydrogens is 294 g/mol. The minimum Gasteiger partial charge on any atom is -0.379 e. The van der Waals surface area contributed by atoms with E-state index in [0.29, 0.717) is 19.7 Å². The van der Waals surface area contributed by atoms with Crippen LogP contribution in [0, 0.1) is 0 Å². The molecule has 0 aliphatic carbocycles. The highest BCUT2D eigenvalue weighted by atomic mass is 16.5. The van der Waals surface area contributed by atoms with Gasteiger partial charge in [-0.05, 0) is 38.0 Å². The second-order valence-corrected chi connectivity index (χ2v) is 5.36. The number of hydrogen-bond donors (Lipinski definition) is 2. The van der Waals surface area contributed by atoms with Crippen molar-refractivity contribution in [2.24, 2.45) is 0 Å². The number of rotatable bonds is 8. The number of nitrogens with one attached hydrogen (secondary N) is 2. The van der Waals surface area contributed by atoms with Crippen LogP contribution in [0.25, 0.3) is 5.82 Å². The van der Waals surface area contributed by atoms with E-state index in [1.165, 1.54) is 0 Å². The minimum atomic E-state index is -0.189. The van der Waals surface area contributed by atoms with Crippen molar-refractivity contribution < 1.29 is 9.53 Å². The van der Waals surface area contributed by atoms with Gasteiger partial charge in [0.05, 0.1) is 6.10 Å². The fourth-order valence-electron chi connectivity index (χ4n) is 1.90. The summed E-state index contributed by atoms with van der Waals surface area (Å²) in [6.45, 7) is 5.66. The summed E-state index contributed by atoms with van der Waals surface area (Å²) in [5, 5.41) is 9.71. The first-order valence-electron chi connectivity index (χ1n) is 7.73. The summed E-state index contributed by atoms with van der Waals surface area (Å²) in [4.78, 5) is 16.0. The molecule has 23 heavy (non-hydrogen) atoms. The number of amides is 2. The van der Waals surface area contributed by atoms with Crippen LogP contribution in [0.5, 0.6) is 0 Å². The number of carbonyl (C=O) groups is 1. The Kier molecular flexibility index (Phi) is 6.56. The van der Waals surface area contributed by atoms with E-state index in [9.17, 15) is 4.79 Å². The van der Waals surface area contributed by atoms with Crippen LogP contribution >= 0.6 is 0 Å². The molecule has 0 bridgehead atoms. The molecule has 2 N–H and O–H groups in total. The van der Waals surface area contributed by atoms with Gasteiger partial charge in [-0.3, -0.25) is 0 Å². The largest absolute Gasteiger partial charge is 0.379 e. The molecule has 7 heteroatoms. The highest BCUT2D eigenvalue weighted by molar-refractivity contribution is 5.73. The van der Waals surface area contributed by atoms with Gasteiger partial charge in [0, 0.05) is 38.3 Å². The molecule has 0 aliphatic heterocycles. The molecule has 0 fully saturated rings. The Morgan fingerprint density at radius 1 is 1.35 bits per heavy atom. The molecule has 0 atom stereocenters. The van der Waals surface area contributed by atoms with E-state index in [2.05, 4.69) is 20.7 Å². The Morgan fingerprint density at radius 2 is 2.22 bits per heavy atom. The third-order valence-corrected chi connectivity index (χ3v) is 3.06. The zero-order chi connectivity index (χ0) is 16.5. The average Bonchev–Trinajstić information content (AvgIpc) is 3.07. The van der Waals surface area contributed by atoms with Crippen molar-refractivity contribution in [2.45, 2.75) is 32.9 Å². The molecule has 2 heterocycles. The van der Waals surface area contributed by atoms with Gasteiger partial charge >= 0.3 is 6.03 Å². The average molecular weight is 317 g/mol. The molecule has 2 amide bonds. The van der Waals surface area contributed by atoms with E-state index < -0.39 is 0 Å². The Bertz CT molecular complexity index is 581. The molecule has 2 rings (SSSR count). The molecule has 2 aromatic heterocycles. The summed E-state index contributed by atoms with van der Waals surface area (Å²) in [5.41, 5.74) is 0.930. The van der Waals surface area contributed by atoms with Crippen molar-refractivity contribution in [2.75, 3.05) is 13.2 Å². The first-order valence-corrected chi connectivity index (χ1v) is 7.73. The first-order chi connectivity index (χ1) is 11.1. The number of urea groups is 1. The first kappa shape index (κ1) is 17.0. The van der Waals surface area contributed by atoms with E-state index in [0.717, 1.165) is 17.8 Å². The van der Waals surface area contributed by atoms with Crippen LogP contribution in [0.15, 0.2) is 36.8 Å². The van der Waals surface area contributed by atoms with Crippen LogP contribution in [0.1, 0.15) is 25.8 Å². The molecule has 7 nitrogen and oxygen atoms in total. The van der Waals surface area contributed by atoms with Gasteiger partial charge in [-0.15, -0.1) is 0 Å². The van der Waals surface area contributed by atoms with Gasteiger partial charge in [0.25, 0.3) is 0 Å². The molecule has 124 valence electrons. The topological polar surface area (TPSA) is 81.1 Å². The number of aromatic nitrogens is 3. The van der Waals surface area contributed by atoms with E-state index >= 15 is 0 Å². The van der Waals surface area contributed by atoms with Gasteiger partial charge in [-0.25, -0.2) is 14.5 Å². The second kappa shape index (κ2) is 8.89. The van der Waals surface area contributed by atoms with Crippen molar-refractivity contribution in [3.05, 3.63) is 42.4 Å². The number of carbonyl (C=O) groups excluding carboxylic acids is 1. The van der Waals surface area contributed by atoms with Gasteiger partial charge in [-0.1, -0.05) is 6.07 Å². The fraction of sp³-hybridized carbons (Fsp3) is 0.438. The Hall–Kier alpha value is -2.41. The molecule has 2 aromatic rings. The van der Waals surface area contributed by atoms with Crippen molar-refractivity contribution in [3.63, 3.8) is 0 Å². The predicted octanol–water partition coefficient (Wildman–Crippen LogP) is 1.88. The molecule has 0 aromatic carbocycles. The molecular formula is C16H23N5O2. The minimum absolute atomic E-state index is 0.189. The number of nitrogens with zero attached hydrogens (tertiary/aromatic N) is 3. The molecule has 0 unspecified atom stereocenters. The molecule has 0 aliphatic rings. The lowest BCUT2D eigenvalue weighted by atomic mass is 10.3. The van der Waals surface area contributed by atoms with Crippen LogP contribution in [0.4, 0.5) is 4.79 Å². The fourth-order valence-corrected chi connectivity index (χ4v) is 1.90. The third kappa shape index (κ3) is 6.07. The van der Waals surface area contributed by atoms with E-state index in [4.69, 9.17) is 4.74 Å². The third-order valence-electron chi connectivity index (χ3n) is 3.06. The summed E-state index contributed by atoms with van der Waals surface area (Å²) in [6.07, 6.45) is 6.28. The summed E-state index contributed by atoms with van der Waals surface area (Å²) in [7, 11) is 0. The highest BCUT2D eigenvalue weighted by Gasteiger charge is 2.02. The van der Waals surface area contributed by atoms with Crippen molar-refractivity contribution in [1.82, 2.24) is 25.4 Å². The number of hydrogen-bond acceptors (Lipinski definition) is 4. The van der Waals surface area contributed by atoms with Gasteiger partial charge in [-0.2, -0.15) is 5.10 Å². The number of ether oxygens (including phenoxy) is 1. The van der Waals surface area contributed by atoms with Crippen molar-refractivity contribution in [3.8, 4) is 5.82 Å². The normalized spacial score (nSPS) is 10.7. The number of pyridine rings is 1. The van der Waals surface area contributed by atoms with E-state index in [1.807, 2.05) is 38.2 Å². The molecule has 0 saturated heterocycles. The van der Waals surface area contributed by atoms with Crippen LogP contribution in [-0.2, 0) is 11.3 Å². The maximum absolute atomic E-state index is 11.7. The quantitative estimate of drug-likeness (QED) is 0.729. The predicted molar refractivity (Wildman–Crippen MR) is 87.3 cm³/mol. The summed E-state index contributed by atoms with van der Waals surface area (Å²) < 4.78 is 7.09. The van der Waals surface area contributed by atoms with Crippen molar-refractivity contribution in [1.29, 1.82) is 0 Å². The molecule has 0 saturated carbocycles. The standard InChI is InChI=1S/C16H23N5O2/c1-13(2)23-10-4-7-17-16(22)19-12-14-5-6-15(18-11-14)21-9-3-8-20-21/h3,5-6,8-9,11,13H,4,7,10,12H2,1-2H3,(H2,17,19,22). The van der Waals surface area contributed by atoms with Crippen LogP contribution in [0.2, 0.25) is 0 Å². The summed E-state index contributed by atoms with van der Waals surface area (Å²) >= 11 is 0. The maximum Gasteiger partial charge on any atom is 0.315 e. The Morgan fingerprint density at radius 3 is 2.87 bits per heavy atom. The lowest BCUT2D eigenvalue weighted by molar-refractivity contribution is 0.0774. The Balaban J connectivity index is 1.66. The second-order valence-electron chi connectivity index (χ2n) is 5.36. The lowest BCUT2D eigenvalue weighted by Gasteiger charge is -2.09. The van der Waals surface area contributed by atoms with E-state index in [-0.39, 0.29) is 12.1 Å². The molecule has 0 radical (unpaired) electrons. The SMILES string of the molecule is CC(C)OCCCNC(=O)NCc1ccc(-n2cccn2)nc1. The summed E-state index contributed by atoms with van der Waals surface area (Å²) in [5.74, 6) is 0.744. The highest BCUT2D eigenvalue weighted by Crippen LogP contribution is 2.04. The zero-order valence-electron chi connectivity index (χ0n) is 13.5. The van der Waals surface area contributed by atoms with Gasteiger partial charge in [0.1, 0.15) is 0 Å².